The van der Waals surface area contributed by atoms with Gasteiger partial charge in [0.1, 0.15) is 0 Å². The third-order valence-electron chi connectivity index (χ3n) is 4.67. The third-order valence-corrected chi connectivity index (χ3v) is 4.67. The molecule has 0 saturated carbocycles. The Morgan fingerprint density at radius 2 is 2.06 bits per heavy atom. The molecule has 1 aromatic rings. The van der Waals surface area contributed by atoms with Crippen LogP contribution in [0.2, 0.25) is 0 Å². The predicted molar refractivity (Wildman–Crippen MR) is 71.3 cm³/mol. The van der Waals surface area contributed by atoms with E-state index in [0.29, 0.717) is 5.41 Å². The first-order valence-electron chi connectivity index (χ1n) is 7.05. The van der Waals surface area contributed by atoms with Crippen molar-refractivity contribution in [2.45, 2.75) is 64.7 Å². The first-order chi connectivity index (χ1) is 8.07. The zero-order valence-corrected chi connectivity index (χ0v) is 11.3. The van der Waals surface area contributed by atoms with Crippen molar-refractivity contribution >= 4 is 0 Å². The van der Waals surface area contributed by atoms with Crippen molar-refractivity contribution in [1.82, 2.24) is 4.98 Å². The highest BCUT2D eigenvalue weighted by Crippen LogP contribution is 2.53. The van der Waals surface area contributed by atoms with Gasteiger partial charge in [0.25, 0.3) is 0 Å². The Morgan fingerprint density at radius 3 is 2.82 bits per heavy atom. The molecule has 1 aromatic heterocycles. The molecule has 0 amide bonds. The Labute approximate surface area is 105 Å². The van der Waals surface area contributed by atoms with Crippen LogP contribution in [-0.2, 0) is 6.42 Å². The summed E-state index contributed by atoms with van der Waals surface area (Å²) >= 11 is 0. The van der Waals surface area contributed by atoms with E-state index in [4.69, 9.17) is 0 Å². The van der Waals surface area contributed by atoms with E-state index in [2.05, 4.69) is 31.8 Å². The summed E-state index contributed by atoms with van der Waals surface area (Å²) in [6.45, 7) is 7.15. The van der Waals surface area contributed by atoms with E-state index < -0.39 is 0 Å². The van der Waals surface area contributed by atoms with Crippen LogP contribution in [0.15, 0.2) is 12.3 Å². The third kappa shape index (κ3) is 1.80. The summed E-state index contributed by atoms with van der Waals surface area (Å²) in [6, 6.07) is 2.29. The van der Waals surface area contributed by atoms with Crippen LogP contribution in [0.25, 0.3) is 0 Å². The van der Waals surface area contributed by atoms with Gasteiger partial charge in [-0.3, -0.25) is 4.98 Å². The molecular formula is C16H23N. The van der Waals surface area contributed by atoms with E-state index >= 15 is 0 Å². The smallest absolute Gasteiger partial charge is 0.0441 e. The maximum atomic E-state index is 4.65. The van der Waals surface area contributed by atoms with Gasteiger partial charge in [0.05, 0.1) is 0 Å². The monoisotopic (exact) mass is 229 g/mol. The first-order valence-corrected chi connectivity index (χ1v) is 7.05. The summed E-state index contributed by atoms with van der Waals surface area (Å²) in [7, 11) is 0. The number of aromatic nitrogens is 1. The molecule has 0 radical (unpaired) electrons. The summed E-state index contributed by atoms with van der Waals surface area (Å²) in [5, 5.41) is 0. The van der Waals surface area contributed by atoms with Gasteiger partial charge in [-0.25, -0.2) is 0 Å². The average molecular weight is 229 g/mol. The van der Waals surface area contributed by atoms with Crippen LogP contribution in [-0.4, -0.2) is 4.98 Å². The Balaban J connectivity index is 2.11. The highest BCUT2D eigenvalue weighted by Gasteiger charge is 2.39. The van der Waals surface area contributed by atoms with Gasteiger partial charge in [-0.05, 0) is 60.1 Å². The molecule has 0 aromatic carbocycles. The maximum Gasteiger partial charge on any atom is 0.0441 e. The summed E-state index contributed by atoms with van der Waals surface area (Å²) in [6.07, 6.45) is 8.71. The lowest BCUT2D eigenvalue weighted by Gasteiger charge is -2.28. The minimum Gasteiger partial charge on any atom is -0.261 e. The zero-order chi connectivity index (χ0) is 12.0. The lowest BCUT2D eigenvalue weighted by molar-refractivity contribution is 0.305. The summed E-state index contributed by atoms with van der Waals surface area (Å²) < 4.78 is 0. The minimum absolute atomic E-state index is 0.390. The van der Waals surface area contributed by atoms with Gasteiger partial charge in [-0.2, -0.15) is 0 Å². The largest absolute Gasteiger partial charge is 0.261 e. The van der Waals surface area contributed by atoms with Crippen molar-refractivity contribution in [2.75, 3.05) is 0 Å². The molecule has 2 atom stereocenters. The molecule has 0 saturated heterocycles. The lowest BCUT2D eigenvalue weighted by Crippen LogP contribution is -2.16. The molecular weight excluding hydrogens is 206 g/mol. The van der Waals surface area contributed by atoms with E-state index in [0.717, 1.165) is 11.8 Å². The molecule has 2 unspecified atom stereocenters. The quantitative estimate of drug-likeness (QED) is 0.641. The van der Waals surface area contributed by atoms with Crippen molar-refractivity contribution in [3.63, 3.8) is 0 Å². The summed E-state index contributed by atoms with van der Waals surface area (Å²) in [5.41, 5.74) is 5.07. The number of hydrogen-bond acceptors (Lipinski definition) is 1. The van der Waals surface area contributed by atoms with E-state index in [1.807, 2.05) is 6.20 Å². The fraction of sp³-hybridized carbons (Fsp3) is 0.688. The molecule has 0 fully saturated rings. The van der Waals surface area contributed by atoms with Gasteiger partial charge in [0, 0.05) is 11.9 Å². The van der Waals surface area contributed by atoms with Crippen LogP contribution in [0.4, 0.5) is 0 Å². The molecule has 92 valence electrons. The van der Waals surface area contributed by atoms with Crippen LogP contribution in [0.5, 0.6) is 0 Å². The van der Waals surface area contributed by atoms with Gasteiger partial charge in [-0.1, -0.05) is 27.2 Å². The molecule has 0 spiro atoms. The topological polar surface area (TPSA) is 12.9 Å². The lowest BCUT2D eigenvalue weighted by atomic mass is 9.77. The van der Waals surface area contributed by atoms with Gasteiger partial charge in [0.2, 0.25) is 0 Å². The highest BCUT2D eigenvalue weighted by atomic mass is 14.7. The van der Waals surface area contributed by atoms with Crippen molar-refractivity contribution in [3.05, 3.63) is 29.1 Å². The Bertz CT molecular complexity index is 428. The maximum absolute atomic E-state index is 4.65. The van der Waals surface area contributed by atoms with Gasteiger partial charge >= 0.3 is 0 Å². The standard InChI is InChI=1S/C16H23N/c1-16(2,3)13-10-11-6-4-5-7-14-15(11)12(13)8-9-17-14/h8-9,11,13H,4-7,10H2,1-3H3. The van der Waals surface area contributed by atoms with Crippen LogP contribution in [0.3, 0.4) is 0 Å². The Hall–Kier alpha value is -0.850. The number of nitrogens with zero attached hydrogens (tertiary/aromatic N) is 1. The number of hydrogen-bond donors (Lipinski definition) is 0. The van der Waals surface area contributed by atoms with Gasteiger partial charge in [0.15, 0.2) is 0 Å². The fourth-order valence-electron chi connectivity index (χ4n) is 3.80. The van der Waals surface area contributed by atoms with E-state index in [1.165, 1.54) is 37.8 Å². The number of aryl methyl sites for hydroxylation is 1. The molecule has 1 heteroatoms. The van der Waals surface area contributed by atoms with E-state index in [1.54, 1.807) is 11.1 Å². The second kappa shape index (κ2) is 3.83. The van der Waals surface area contributed by atoms with Crippen molar-refractivity contribution in [1.29, 1.82) is 0 Å². The van der Waals surface area contributed by atoms with Crippen LogP contribution < -0.4 is 0 Å². The summed E-state index contributed by atoms with van der Waals surface area (Å²) in [4.78, 5) is 4.65. The van der Waals surface area contributed by atoms with Crippen LogP contribution in [0, 0.1) is 5.41 Å². The van der Waals surface area contributed by atoms with Gasteiger partial charge in [-0.15, -0.1) is 0 Å². The molecule has 0 N–H and O–H groups in total. The summed E-state index contributed by atoms with van der Waals surface area (Å²) in [5.74, 6) is 1.54. The second-order valence-electron chi connectivity index (χ2n) is 6.86. The molecule has 1 nitrogen and oxygen atoms in total. The number of rotatable bonds is 0. The SMILES string of the molecule is CC(C)(C)C1CC2CCCCc3nccc1c32. The molecule has 2 aliphatic rings. The average Bonchev–Trinajstić information content (AvgIpc) is 2.51. The van der Waals surface area contributed by atoms with E-state index in [-0.39, 0.29) is 0 Å². The molecule has 17 heavy (non-hydrogen) atoms. The van der Waals surface area contributed by atoms with Crippen molar-refractivity contribution < 1.29 is 0 Å². The normalized spacial score (nSPS) is 27.7. The van der Waals surface area contributed by atoms with Crippen LogP contribution in [0.1, 0.15) is 75.1 Å². The Morgan fingerprint density at radius 1 is 1.24 bits per heavy atom. The van der Waals surface area contributed by atoms with Crippen molar-refractivity contribution in [3.8, 4) is 0 Å². The molecule has 2 aliphatic carbocycles. The minimum atomic E-state index is 0.390. The fourth-order valence-corrected chi connectivity index (χ4v) is 3.80. The molecule has 3 rings (SSSR count). The second-order valence-corrected chi connectivity index (χ2v) is 6.86. The zero-order valence-electron chi connectivity index (χ0n) is 11.3. The highest BCUT2D eigenvalue weighted by molar-refractivity contribution is 5.42. The predicted octanol–water partition coefficient (Wildman–Crippen LogP) is 4.43. The van der Waals surface area contributed by atoms with Gasteiger partial charge < -0.3 is 0 Å². The first kappa shape index (κ1) is 11.3. The van der Waals surface area contributed by atoms with Crippen LogP contribution >= 0.6 is 0 Å². The molecule has 1 heterocycles. The molecule has 0 bridgehead atoms. The van der Waals surface area contributed by atoms with Crippen molar-refractivity contribution in [2.24, 2.45) is 5.41 Å². The number of pyridine rings is 1. The Kier molecular flexibility index (Phi) is 2.53. The molecule has 0 aliphatic heterocycles. The van der Waals surface area contributed by atoms with E-state index in [9.17, 15) is 0 Å².